The number of carbonyl (C=O) groups is 2. The maximum atomic E-state index is 11.8. The van der Waals surface area contributed by atoms with Crippen molar-refractivity contribution in [3.63, 3.8) is 0 Å². The van der Waals surface area contributed by atoms with Crippen molar-refractivity contribution in [3.8, 4) is 5.75 Å². The van der Waals surface area contributed by atoms with Gasteiger partial charge in [0.15, 0.2) is 6.61 Å². The van der Waals surface area contributed by atoms with Crippen molar-refractivity contribution in [2.45, 2.75) is 6.54 Å². The fraction of sp³-hybridized carbons (Fsp3) is 0.105. The van der Waals surface area contributed by atoms with Crippen LogP contribution in [-0.4, -0.2) is 29.2 Å². The second kappa shape index (κ2) is 8.37. The van der Waals surface area contributed by atoms with Crippen molar-refractivity contribution in [2.75, 3.05) is 6.61 Å². The molecular weight excluding hydrogens is 368 g/mol. The van der Waals surface area contributed by atoms with Gasteiger partial charge in [-0.15, -0.1) is 0 Å². The first-order chi connectivity index (χ1) is 13.0. The van der Waals surface area contributed by atoms with Crippen molar-refractivity contribution in [2.24, 2.45) is 10.8 Å². The number of rotatable bonds is 7. The summed E-state index contributed by atoms with van der Waals surface area (Å²) in [5, 5.41) is 5.44. The van der Waals surface area contributed by atoms with E-state index in [1.807, 2.05) is 24.3 Å². The van der Waals surface area contributed by atoms with Gasteiger partial charge in [-0.25, -0.2) is 5.43 Å². The number of amides is 2. The number of hydrogen-bond acceptors (Lipinski definition) is 4. The monoisotopic (exact) mass is 384 g/mol. The molecule has 0 aliphatic carbocycles. The number of ether oxygens (including phenoxy) is 1. The fourth-order valence-electron chi connectivity index (χ4n) is 2.56. The van der Waals surface area contributed by atoms with Gasteiger partial charge in [-0.3, -0.25) is 9.59 Å². The van der Waals surface area contributed by atoms with Gasteiger partial charge >= 0.3 is 0 Å². The SMILES string of the molecule is NC(=O)Cn1cc(/C=N\NC(=O)COc2ccc(Cl)cc2)c2ccccc21. The normalized spacial score (nSPS) is 11.0. The zero-order valence-corrected chi connectivity index (χ0v) is 15.0. The van der Waals surface area contributed by atoms with Gasteiger partial charge in [0.05, 0.1) is 6.21 Å². The quantitative estimate of drug-likeness (QED) is 0.483. The van der Waals surface area contributed by atoms with Gasteiger partial charge in [-0.2, -0.15) is 5.10 Å². The summed E-state index contributed by atoms with van der Waals surface area (Å²) in [7, 11) is 0. The first-order valence-corrected chi connectivity index (χ1v) is 8.47. The molecule has 0 fully saturated rings. The topological polar surface area (TPSA) is 98.7 Å². The van der Waals surface area contributed by atoms with Crippen LogP contribution in [0.5, 0.6) is 5.75 Å². The lowest BCUT2D eigenvalue weighted by Gasteiger charge is -2.04. The van der Waals surface area contributed by atoms with Crippen LogP contribution in [0.3, 0.4) is 0 Å². The second-order valence-corrected chi connectivity index (χ2v) is 6.17. The van der Waals surface area contributed by atoms with Crippen LogP contribution < -0.4 is 15.9 Å². The van der Waals surface area contributed by atoms with Crippen molar-refractivity contribution in [1.29, 1.82) is 0 Å². The maximum absolute atomic E-state index is 11.8. The number of nitrogens with zero attached hydrogens (tertiary/aromatic N) is 2. The molecule has 0 atom stereocenters. The number of aromatic nitrogens is 1. The predicted molar refractivity (Wildman–Crippen MR) is 104 cm³/mol. The van der Waals surface area contributed by atoms with E-state index in [1.54, 1.807) is 35.0 Å². The third kappa shape index (κ3) is 4.86. The van der Waals surface area contributed by atoms with Gasteiger partial charge in [0.2, 0.25) is 5.91 Å². The number of nitrogens with two attached hydrogens (primary N) is 1. The van der Waals surface area contributed by atoms with E-state index in [0.29, 0.717) is 10.8 Å². The molecule has 27 heavy (non-hydrogen) atoms. The second-order valence-electron chi connectivity index (χ2n) is 5.73. The van der Waals surface area contributed by atoms with Crippen LogP contribution in [-0.2, 0) is 16.1 Å². The molecule has 0 saturated heterocycles. The van der Waals surface area contributed by atoms with E-state index in [1.165, 1.54) is 6.21 Å². The maximum Gasteiger partial charge on any atom is 0.277 e. The van der Waals surface area contributed by atoms with Crippen LogP contribution in [0.1, 0.15) is 5.56 Å². The number of primary amides is 1. The molecule has 1 aromatic heterocycles. The Labute approximate surface area is 160 Å². The minimum absolute atomic E-state index is 0.0651. The van der Waals surface area contributed by atoms with Gasteiger partial charge in [0.1, 0.15) is 12.3 Å². The number of carbonyl (C=O) groups excluding carboxylic acids is 2. The Morgan fingerprint density at radius 3 is 2.67 bits per heavy atom. The van der Waals surface area contributed by atoms with Crippen molar-refractivity contribution >= 4 is 40.5 Å². The smallest absolute Gasteiger partial charge is 0.277 e. The van der Waals surface area contributed by atoms with Gasteiger partial charge in [0.25, 0.3) is 5.91 Å². The summed E-state index contributed by atoms with van der Waals surface area (Å²) in [5.41, 5.74) is 9.30. The number of hydrazone groups is 1. The highest BCUT2D eigenvalue weighted by molar-refractivity contribution is 6.30. The molecule has 3 N–H and O–H groups in total. The summed E-state index contributed by atoms with van der Waals surface area (Å²) >= 11 is 5.79. The number of fused-ring (bicyclic) bond motifs is 1. The molecule has 0 aliphatic heterocycles. The molecule has 0 radical (unpaired) electrons. The van der Waals surface area contributed by atoms with Gasteiger partial charge in [-0.1, -0.05) is 29.8 Å². The van der Waals surface area contributed by atoms with Crippen LogP contribution in [0.25, 0.3) is 10.9 Å². The van der Waals surface area contributed by atoms with Gasteiger partial charge in [-0.05, 0) is 30.3 Å². The molecule has 138 valence electrons. The van der Waals surface area contributed by atoms with Crippen LogP contribution >= 0.6 is 11.6 Å². The van der Waals surface area contributed by atoms with E-state index in [2.05, 4.69) is 10.5 Å². The summed E-state index contributed by atoms with van der Waals surface area (Å²) in [6.07, 6.45) is 3.27. The number of nitrogens with one attached hydrogen (secondary N) is 1. The minimum atomic E-state index is -0.438. The zero-order chi connectivity index (χ0) is 19.2. The van der Waals surface area contributed by atoms with E-state index in [9.17, 15) is 9.59 Å². The van der Waals surface area contributed by atoms with E-state index < -0.39 is 11.8 Å². The Kier molecular flexibility index (Phi) is 5.73. The van der Waals surface area contributed by atoms with Crippen molar-refractivity contribution < 1.29 is 14.3 Å². The van der Waals surface area contributed by atoms with E-state index in [-0.39, 0.29) is 13.2 Å². The van der Waals surface area contributed by atoms with Gasteiger partial charge in [0, 0.05) is 27.7 Å². The summed E-state index contributed by atoms with van der Waals surface area (Å²) in [5.74, 6) is -0.304. The molecule has 3 aromatic rings. The molecule has 2 aromatic carbocycles. The molecule has 0 saturated carbocycles. The van der Waals surface area contributed by atoms with Crippen LogP contribution in [0.15, 0.2) is 59.8 Å². The van der Waals surface area contributed by atoms with E-state index in [4.69, 9.17) is 22.1 Å². The molecule has 0 unspecified atom stereocenters. The number of para-hydroxylation sites is 1. The standard InChI is InChI=1S/C19H17ClN4O3/c20-14-5-7-15(8-6-14)27-12-19(26)23-22-9-13-10-24(11-18(21)25)17-4-2-1-3-16(13)17/h1-10H,11-12H2,(H2,21,25)(H,23,26)/b22-9-. The minimum Gasteiger partial charge on any atom is -0.484 e. The summed E-state index contributed by atoms with van der Waals surface area (Å²) in [6, 6.07) is 14.2. The number of halogens is 1. The summed E-state index contributed by atoms with van der Waals surface area (Å²) in [6.45, 7) is -0.113. The first kappa shape index (κ1) is 18.5. The summed E-state index contributed by atoms with van der Waals surface area (Å²) in [4.78, 5) is 23.1. The zero-order valence-electron chi connectivity index (χ0n) is 14.3. The van der Waals surface area contributed by atoms with E-state index >= 15 is 0 Å². The Hall–Kier alpha value is -3.32. The Bertz CT molecular complexity index is 996. The third-order valence-corrected chi connectivity index (χ3v) is 3.97. The number of hydrogen-bond donors (Lipinski definition) is 2. The highest BCUT2D eigenvalue weighted by atomic mass is 35.5. The predicted octanol–water partition coefficient (Wildman–Crippen LogP) is 2.31. The Morgan fingerprint density at radius 2 is 1.93 bits per heavy atom. The lowest BCUT2D eigenvalue weighted by Crippen LogP contribution is -2.24. The molecule has 1 heterocycles. The molecule has 8 heteroatoms. The van der Waals surface area contributed by atoms with Crippen LogP contribution in [0, 0.1) is 0 Å². The van der Waals surface area contributed by atoms with Crippen molar-refractivity contribution in [3.05, 3.63) is 65.3 Å². The van der Waals surface area contributed by atoms with Crippen LogP contribution in [0.4, 0.5) is 0 Å². The molecule has 0 spiro atoms. The summed E-state index contributed by atoms with van der Waals surface area (Å²) < 4.78 is 7.08. The third-order valence-electron chi connectivity index (χ3n) is 3.72. The van der Waals surface area contributed by atoms with E-state index in [0.717, 1.165) is 16.5 Å². The number of benzene rings is 2. The fourth-order valence-corrected chi connectivity index (χ4v) is 2.69. The molecule has 7 nitrogen and oxygen atoms in total. The Balaban J connectivity index is 1.63. The molecule has 3 rings (SSSR count). The highest BCUT2D eigenvalue weighted by Gasteiger charge is 2.08. The molecule has 0 aliphatic rings. The largest absolute Gasteiger partial charge is 0.484 e. The average Bonchev–Trinajstić information content (AvgIpc) is 2.98. The highest BCUT2D eigenvalue weighted by Crippen LogP contribution is 2.20. The molecule has 2 amide bonds. The lowest BCUT2D eigenvalue weighted by atomic mass is 10.2. The molecular formula is C19H17ClN4O3. The first-order valence-electron chi connectivity index (χ1n) is 8.09. The molecule has 0 bridgehead atoms. The van der Waals surface area contributed by atoms with Gasteiger partial charge < -0.3 is 15.0 Å². The average molecular weight is 385 g/mol. The Morgan fingerprint density at radius 1 is 1.19 bits per heavy atom. The lowest BCUT2D eigenvalue weighted by molar-refractivity contribution is -0.123. The van der Waals surface area contributed by atoms with Crippen LogP contribution in [0.2, 0.25) is 5.02 Å². The van der Waals surface area contributed by atoms with Crippen molar-refractivity contribution in [1.82, 2.24) is 9.99 Å².